The van der Waals surface area contributed by atoms with Crippen molar-refractivity contribution >= 4 is 23.4 Å². The van der Waals surface area contributed by atoms with Crippen LogP contribution in [0.2, 0.25) is 5.02 Å². The lowest BCUT2D eigenvalue weighted by Crippen LogP contribution is -2.49. The van der Waals surface area contributed by atoms with E-state index in [4.69, 9.17) is 11.6 Å². The molecule has 6 heteroatoms. The molecule has 23 heavy (non-hydrogen) atoms. The highest BCUT2D eigenvalue weighted by atomic mass is 35.5. The summed E-state index contributed by atoms with van der Waals surface area (Å²) in [6.45, 7) is 1.94. The van der Waals surface area contributed by atoms with E-state index >= 15 is 0 Å². The molecule has 2 rings (SSSR count). The van der Waals surface area contributed by atoms with Gasteiger partial charge < -0.3 is 15.3 Å². The third kappa shape index (κ3) is 4.69. The fourth-order valence-corrected chi connectivity index (χ4v) is 3.11. The molecule has 1 aromatic rings. The number of rotatable bonds is 5. The lowest BCUT2D eigenvalue weighted by Gasteiger charge is -2.30. The monoisotopic (exact) mass is 338 g/mol. The topological polar surface area (TPSA) is 69.6 Å². The number of hydrogen-bond acceptors (Lipinski definition) is 3. The molecule has 1 atom stereocenters. The number of amides is 2. The summed E-state index contributed by atoms with van der Waals surface area (Å²) in [6.07, 6.45) is 3.41. The normalized spacial score (nSPS) is 17.6. The maximum atomic E-state index is 12.4. The molecule has 1 unspecified atom stereocenters. The van der Waals surface area contributed by atoms with E-state index in [-0.39, 0.29) is 11.8 Å². The van der Waals surface area contributed by atoms with Gasteiger partial charge in [-0.3, -0.25) is 9.59 Å². The molecular weight excluding hydrogens is 316 g/mol. The molecule has 0 radical (unpaired) electrons. The van der Waals surface area contributed by atoms with Gasteiger partial charge in [0.05, 0.1) is 5.60 Å². The van der Waals surface area contributed by atoms with Gasteiger partial charge in [0.15, 0.2) is 0 Å². The zero-order valence-corrected chi connectivity index (χ0v) is 14.3. The molecule has 0 aliphatic heterocycles. The van der Waals surface area contributed by atoms with Crippen molar-refractivity contribution in [2.75, 3.05) is 13.6 Å². The Labute approximate surface area is 141 Å². The molecule has 2 N–H and O–H groups in total. The van der Waals surface area contributed by atoms with Crippen LogP contribution in [0.25, 0.3) is 0 Å². The van der Waals surface area contributed by atoms with E-state index in [1.54, 1.807) is 38.2 Å². The second kappa shape index (κ2) is 7.32. The molecule has 2 amide bonds. The number of hydrogen-bond donors (Lipinski definition) is 2. The largest absolute Gasteiger partial charge is 0.388 e. The van der Waals surface area contributed by atoms with Crippen molar-refractivity contribution < 1.29 is 14.7 Å². The van der Waals surface area contributed by atoms with Crippen LogP contribution in [0.3, 0.4) is 0 Å². The van der Waals surface area contributed by atoms with E-state index in [1.165, 1.54) is 4.90 Å². The first-order valence-corrected chi connectivity index (χ1v) is 8.22. The lowest BCUT2D eigenvalue weighted by molar-refractivity contribution is -0.134. The van der Waals surface area contributed by atoms with Crippen LogP contribution < -0.4 is 5.32 Å². The molecule has 1 fully saturated rings. The smallest absolute Gasteiger partial charge is 0.251 e. The van der Waals surface area contributed by atoms with E-state index in [0.717, 1.165) is 25.7 Å². The molecule has 1 saturated carbocycles. The molecule has 0 bridgehead atoms. The van der Waals surface area contributed by atoms with Crippen LogP contribution in [0.4, 0.5) is 0 Å². The molecule has 0 spiro atoms. The first-order chi connectivity index (χ1) is 10.8. The highest BCUT2D eigenvalue weighted by molar-refractivity contribution is 6.30. The Kier molecular flexibility index (Phi) is 5.65. The minimum absolute atomic E-state index is 0.215. The number of nitrogens with one attached hydrogen (secondary N) is 1. The average molecular weight is 339 g/mol. The third-order valence-electron chi connectivity index (χ3n) is 4.27. The van der Waals surface area contributed by atoms with Crippen molar-refractivity contribution in [3.8, 4) is 0 Å². The lowest BCUT2D eigenvalue weighted by atomic mass is 10.0. The minimum Gasteiger partial charge on any atom is -0.388 e. The molecule has 126 valence electrons. The number of benzene rings is 1. The van der Waals surface area contributed by atoms with Gasteiger partial charge in [-0.15, -0.1) is 0 Å². The number of carbonyl (C=O) groups excluding carboxylic acids is 2. The summed E-state index contributed by atoms with van der Waals surface area (Å²) in [7, 11) is 1.66. The Bertz CT molecular complexity index is 568. The first kappa shape index (κ1) is 17.8. The van der Waals surface area contributed by atoms with Gasteiger partial charge in [0.2, 0.25) is 5.91 Å². The molecule has 0 aromatic heterocycles. The summed E-state index contributed by atoms with van der Waals surface area (Å²) in [5.74, 6) is -0.539. The Balaban J connectivity index is 1.91. The van der Waals surface area contributed by atoms with Crippen LogP contribution in [0, 0.1) is 0 Å². The number of likely N-dealkylation sites (N-methyl/N-ethyl adjacent to an activating group) is 1. The van der Waals surface area contributed by atoms with Gasteiger partial charge in [-0.05, 0) is 44.0 Å². The summed E-state index contributed by atoms with van der Waals surface area (Å²) in [5, 5.41) is 13.6. The summed E-state index contributed by atoms with van der Waals surface area (Å²) in [6, 6.07) is 5.82. The van der Waals surface area contributed by atoms with Gasteiger partial charge in [0.1, 0.15) is 6.04 Å². The average Bonchev–Trinajstić information content (AvgIpc) is 2.93. The maximum absolute atomic E-state index is 12.4. The van der Waals surface area contributed by atoms with E-state index < -0.39 is 11.6 Å². The Morgan fingerprint density at radius 2 is 1.87 bits per heavy atom. The number of carbonyl (C=O) groups is 2. The van der Waals surface area contributed by atoms with Crippen molar-refractivity contribution in [3.63, 3.8) is 0 Å². The summed E-state index contributed by atoms with van der Waals surface area (Å²) < 4.78 is 0. The van der Waals surface area contributed by atoms with Crippen molar-refractivity contribution in [1.82, 2.24) is 10.2 Å². The molecule has 1 aromatic carbocycles. The van der Waals surface area contributed by atoms with Crippen molar-refractivity contribution in [3.05, 3.63) is 34.9 Å². The maximum Gasteiger partial charge on any atom is 0.251 e. The summed E-state index contributed by atoms with van der Waals surface area (Å²) >= 11 is 5.79. The summed E-state index contributed by atoms with van der Waals surface area (Å²) in [4.78, 5) is 26.0. The third-order valence-corrected chi connectivity index (χ3v) is 4.52. The predicted octanol–water partition coefficient (Wildman–Crippen LogP) is 2.22. The van der Waals surface area contributed by atoms with Crippen LogP contribution in [0.15, 0.2) is 24.3 Å². The minimum atomic E-state index is -0.787. The Morgan fingerprint density at radius 1 is 1.30 bits per heavy atom. The van der Waals surface area contributed by atoms with E-state index in [0.29, 0.717) is 17.1 Å². The van der Waals surface area contributed by atoms with Crippen molar-refractivity contribution in [1.29, 1.82) is 0 Å². The van der Waals surface area contributed by atoms with Crippen LogP contribution in [0.1, 0.15) is 43.0 Å². The van der Waals surface area contributed by atoms with E-state index in [9.17, 15) is 14.7 Å². The van der Waals surface area contributed by atoms with Gasteiger partial charge in [-0.25, -0.2) is 0 Å². The number of aliphatic hydroxyl groups is 1. The molecular formula is C17H23ClN2O3. The van der Waals surface area contributed by atoms with Crippen molar-refractivity contribution in [2.45, 2.75) is 44.2 Å². The van der Waals surface area contributed by atoms with Crippen molar-refractivity contribution in [2.24, 2.45) is 0 Å². The zero-order chi connectivity index (χ0) is 17.0. The molecule has 0 heterocycles. The van der Waals surface area contributed by atoms with Gasteiger partial charge >= 0.3 is 0 Å². The molecule has 5 nitrogen and oxygen atoms in total. The van der Waals surface area contributed by atoms with E-state index in [2.05, 4.69) is 5.32 Å². The molecule has 1 aliphatic carbocycles. The second-order valence-electron chi connectivity index (χ2n) is 6.33. The molecule has 0 saturated heterocycles. The Morgan fingerprint density at radius 3 is 2.43 bits per heavy atom. The van der Waals surface area contributed by atoms with Crippen LogP contribution in [0.5, 0.6) is 0 Å². The quantitative estimate of drug-likeness (QED) is 0.865. The fraction of sp³-hybridized carbons (Fsp3) is 0.529. The first-order valence-electron chi connectivity index (χ1n) is 7.84. The second-order valence-corrected chi connectivity index (χ2v) is 6.76. The highest BCUT2D eigenvalue weighted by Crippen LogP contribution is 2.30. The number of nitrogens with zero attached hydrogens (tertiary/aromatic N) is 1. The van der Waals surface area contributed by atoms with E-state index in [1.807, 2.05) is 0 Å². The van der Waals surface area contributed by atoms with Crippen LogP contribution in [-0.4, -0.2) is 47.1 Å². The van der Waals surface area contributed by atoms with Gasteiger partial charge in [-0.1, -0.05) is 24.4 Å². The Hall–Kier alpha value is -1.59. The summed E-state index contributed by atoms with van der Waals surface area (Å²) in [5.41, 5.74) is -0.337. The zero-order valence-electron chi connectivity index (χ0n) is 13.5. The van der Waals surface area contributed by atoms with Crippen LogP contribution >= 0.6 is 11.6 Å². The van der Waals surface area contributed by atoms with Crippen LogP contribution in [-0.2, 0) is 4.79 Å². The number of halogens is 1. The SMILES string of the molecule is CC(NC(=O)c1ccc(Cl)cc1)C(=O)N(C)CC1(O)CCCC1. The van der Waals surface area contributed by atoms with Gasteiger partial charge in [0.25, 0.3) is 5.91 Å². The standard InChI is InChI=1S/C17H23ClN2O3/c1-12(19-15(21)13-5-7-14(18)8-6-13)16(22)20(2)11-17(23)9-3-4-10-17/h5-8,12,23H,3-4,9-11H2,1-2H3,(H,19,21). The van der Waals surface area contributed by atoms with Gasteiger partial charge in [-0.2, -0.15) is 0 Å². The fourth-order valence-electron chi connectivity index (χ4n) is 2.98. The molecule has 1 aliphatic rings. The highest BCUT2D eigenvalue weighted by Gasteiger charge is 2.34. The van der Waals surface area contributed by atoms with Gasteiger partial charge in [0, 0.05) is 24.2 Å². The predicted molar refractivity (Wildman–Crippen MR) is 89.4 cm³/mol.